The molecule has 5 nitrogen and oxygen atoms in total. The third kappa shape index (κ3) is 4.28. The number of benzene rings is 1. The van der Waals surface area contributed by atoms with Gasteiger partial charge in [0.05, 0.1) is 18.5 Å². The topological polar surface area (TPSA) is 68.1 Å². The summed E-state index contributed by atoms with van der Waals surface area (Å²) in [5.74, 6) is 1.63. The number of carbonyl (C=O) groups excluding carboxylic acids is 2. The number of likely N-dealkylation sites (tertiary alicyclic amines) is 1. The number of halogens is 1. The van der Waals surface area contributed by atoms with Crippen LogP contribution in [0.3, 0.4) is 0 Å². The minimum Gasteiger partial charge on any atom is -0.345 e. The molecule has 3 fully saturated rings. The lowest BCUT2D eigenvalue weighted by Crippen LogP contribution is -2.82. The van der Waals surface area contributed by atoms with Crippen molar-refractivity contribution in [2.45, 2.75) is 75.2 Å². The summed E-state index contributed by atoms with van der Waals surface area (Å²) in [6.07, 6.45) is 8.37. The molecular weight excluding hydrogens is 470 g/mol. The Morgan fingerprint density at radius 2 is 1.86 bits per heavy atom. The number of H-pyrrole nitrogens is 1. The molecule has 3 N–H and O–H groups in total. The van der Waals surface area contributed by atoms with Gasteiger partial charge in [0.15, 0.2) is 5.69 Å². The maximum Gasteiger partial charge on any atom is 0.273 e. The van der Waals surface area contributed by atoms with Crippen LogP contribution in [0.2, 0.25) is 5.15 Å². The van der Waals surface area contributed by atoms with Gasteiger partial charge in [-0.05, 0) is 73.6 Å². The Labute approximate surface area is 219 Å². The first kappa shape index (κ1) is 24.1. The summed E-state index contributed by atoms with van der Waals surface area (Å²) in [6.45, 7) is 2.64. The van der Waals surface area contributed by atoms with Crippen LogP contribution < -0.4 is 10.3 Å². The third-order valence-electron chi connectivity index (χ3n) is 9.78. The molecule has 0 radical (unpaired) electrons. The van der Waals surface area contributed by atoms with Gasteiger partial charge in [-0.25, -0.2) is 0 Å². The molecule has 0 bridgehead atoms. The second-order valence-corrected chi connectivity index (χ2v) is 12.0. The van der Waals surface area contributed by atoms with Crippen molar-refractivity contribution >= 4 is 23.3 Å². The Bertz CT molecular complexity index is 1130. The number of nitrogens with two attached hydrogens (primary N) is 1. The number of aromatic nitrogens is 1. The number of pyridine rings is 1. The molecule has 1 amide bonds. The van der Waals surface area contributed by atoms with Crippen LogP contribution in [0.1, 0.15) is 74.1 Å². The van der Waals surface area contributed by atoms with Crippen molar-refractivity contribution in [2.24, 2.45) is 11.8 Å². The van der Waals surface area contributed by atoms with Gasteiger partial charge in [-0.3, -0.25) is 9.59 Å². The van der Waals surface area contributed by atoms with Crippen LogP contribution in [-0.2, 0) is 21.4 Å². The third-order valence-corrected chi connectivity index (χ3v) is 10.0. The quantitative estimate of drug-likeness (QED) is 0.646. The van der Waals surface area contributed by atoms with E-state index in [2.05, 4.69) is 51.6 Å². The van der Waals surface area contributed by atoms with Crippen molar-refractivity contribution in [2.75, 3.05) is 19.6 Å². The maximum atomic E-state index is 14.5. The molecule has 1 aromatic carbocycles. The number of amides is 1. The molecule has 3 heterocycles. The van der Waals surface area contributed by atoms with Gasteiger partial charge >= 0.3 is 0 Å². The summed E-state index contributed by atoms with van der Waals surface area (Å²) in [5, 5.41) is 3.03. The lowest BCUT2D eigenvalue weighted by Gasteiger charge is -2.47. The van der Waals surface area contributed by atoms with Crippen molar-refractivity contribution in [3.8, 4) is 0 Å². The minimum absolute atomic E-state index is 0.00729. The minimum atomic E-state index is -0.116. The van der Waals surface area contributed by atoms with Crippen molar-refractivity contribution in [3.63, 3.8) is 0 Å². The summed E-state index contributed by atoms with van der Waals surface area (Å²) in [7, 11) is 0. The van der Waals surface area contributed by atoms with Gasteiger partial charge in [0.25, 0.3) is 5.15 Å². The zero-order valence-corrected chi connectivity index (χ0v) is 21.8. The first-order valence-corrected chi connectivity index (χ1v) is 14.3. The number of ketones is 1. The van der Waals surface area contributed by atoms with E-state index in [9.17, 15) is 9.59 Å². The van der Waals surface area contributed by atoms with E-state index >= 15 is 0 Å². The smallest absolute Gasteiger partial charge is 0.273 e. The zero-order valence-electron chi connectivity index (χ0n) is 21.1. The average Bonchev–Trinajstić information content (AvgIpc) is 3.32. The summed E-state index contributed by atoms with van der Waals surface area (Å²) < 4.78 is 0. The number of fused-ring (bicyclic) bond motifs is 2. The summed E-state index contributed by atoms with van der Waals surface area (Å²) >= 11 is 6.31. The van der Waals surface area contributed by atoms with Gasteiger partial charge in [0, 0.05) is 43.5 Å². The maximum absolute atomic E-state index is 14.5. The molecule has 36 heavy (non-hydrogen) atoms. The molecule has 6 heteroatoms. The Morgan fingerprint density at radius 1 is 1.06 bits per heavy atom. The second kappa shape index (κ2) is 9.90. The average molecular weight is 508 g/mol. The Morgan fingerprint density at radius 3 is 2.67 bits per heavy atom. The molecule has 1 aromatic heterocycles. The number of aromatic amines is 1. The van der Waals surface area contributed by atoms with Crippen molar-refractivity contribution < 1.29 is 19.9 Å². The standard InChI is InChI=1S/C30H36ClN3O2/c31-28-13-12-24-26(33-28)7-4-15-30(24)19-32-18-25(30)29(36)34-16-14-22(20-5-2-1-3-6-20)17-27(34)21-8-10-23(35)11-9-21/h1-3,5-6,12-13,21-22,25,27,32H,4,7-11,14-19H2/p+2/t22?,25?,27?,30-/m0/s1. The highest BCUT2D eigenvalue weighted by molar-refractivity contribution is 6.28. The van der Waals surface area contributed by atoms with E-state index in [1.165, 1.54) is 16.8 Å². The van der Waals surface area contributed by atoms with Crippen molar-refractivity contribution in [1.82, 2.24) is 4.90 Å². The Kier molecular flexibility index (Phi) is 6.64. The fourth-order valence-corrected chi connectivity index (χ4v) is 8.15. The molecular formula is C30H38ClN3O2+2. The number of aryl methyl sites for hydroxylation is 1. The van der Waals surface area contributed by atoms with Crippen LogP contribution in [0, 0.1) is 11.8 Å². The summed E-state index contributed by atoms with van der Waals surface area (Å²) in [4.78, 5) is 32.2. The van der Waals surface area contributed by atoms with E-state index in [0.29, 0.717) is 41.5 Å². The number of nitrogens with one attached hydrogen (secondary N) is 1. The highest BCUT2D eigenvalue weighted by Crippen LogP contribution is 2.45. The lowest BCUT2D eigenvalue weighted by molar-refractivity contribution is -0.640. The van der Waals surface area contributed by atoms with Gasteiger partial charge < -0.3 is 10.2 Å². The number of nitrogens with zero attached hydrogens (tertiary/aromatic N) is 1. The molecule has 2 aliphatic carbocycles. The van der Waals surface area contributed by atoms with Crippen molar-refractivity contribution in [1.29, 1.82) is 0 Å². The van der Waals surface area contributed by atoms with Gasteiger partial charge in [0.1, 0.15) is 11.7 Å². The number of hydrogen-bond acceptors (Lipinski definition) is 2. The Balaban J connectivity index is 1.30. The van der Waals surface area contributed by atoms with Crippen LogP contribution in [0.25, 0.3) is 0 Å². The first-order valence-electron chi connectivity index (χ1n) is 13.9. The van der Waals surface area contributed by atoms with Crippen LogP contribution >= 0.6 is 11.6 Å². The Hall–Kier alpha value is -2.24. The monoisotopic (exact) mass is 507 g/mol. The molecule has 3 unspecified atom stereocenters. The van der Waals surface area contributed by atoms with Crippen molar-refractivity contribution in [3.05, 3.63) is 64.4 Å². The summed E-state index contributed by atoms with van der Waals surface area (Å²) in [5.41, 5.74) is 3.80. The van der Waals surface area contributed by atoms with Crippen LogP contribution in [0.5, 0.6) is 0 Å². The van der Waals surface area contributed by atoms with E-state index < -0.39 is 0 Å². The molecule has 190 valence electrons. The highest BCUT2D eigenvalue weighted by atomic mass is 35.5. The van der Waals surface area contributed by atoms with Crippen LogP contribution in [0.15, 0.2) is 42.5 Å². The number of quaternary nitrogens is 1. The molecule has 1 spiro atoms. The fourth-order valence-electron chi connectivity index (χ4n) is 7.97. The van der Waals surface area contributed by atoms with Gasteiger partial charge in [0.2, 0.25) is 5.91 Å². The number of carbonyl (C=O) groups is 2. The van der Waals surface area contributed by atoms with Gasteiger partial charge in [-0.2, -0.15) is 4.98 Å². The molecule has 4 aliphatic rings. The number of piperidine rings is 1. The van der Waals surface area contributed by atoms with E-state index in [-0.39, 0.29) is 17.4 Å². The second-order valence-electron chi connectivity index (χ2n) is 11.6. The van der Waals surface area contributed by atoms with Crippen LogP contribution in [0.4, 0.5) is 0 Å². The number of hydrogen-bond donors (Lipinski definition) is 1. The largest absolute Gasteiger partial charge is 0.345 e. The SMILES string of the molecule is O=C1CCC(C2CC(c3ccccc3)CCN2C(=O)C2C[NH2+]C[C@]23CCCc2[nH+]c(Cl)ccc23)CC1. The molecule has 6 rings (SSSR count). The number of Topliss-reactive ketones (excluding diaryl/α,β-unsaturated/α-hetero) is 1. The van der Waals surface area contributed by atoms with E-state index in [1.807, 2.05) is 6.07 Å². The predicted octanol–water partition coefficient (Wildman–Crippen LogP) is 3.46. The predicted molar refractivity (Wildman–Crippen MR) is 139 cm³/mol. The molecule has 1 saturated carbocycles. The molecule has 4 atom stereocenters. The highest BCUT2D eigenvalue weighted by Gasteiger charge is 2.56. The molecule has 2 aromatic rings. The van der Waals surface area contributed by atoms with Gasteiger partial charge in [-0.15, -0.1) is 0 Å². The fraction of sp³-hybridized carbons (Fsp3) is 0.567. The molecule has 2 aliphatic heterocycles. The first-order chi connectivity index (χ1) is 17.5. The lowest BCUT2D eigenvalue weighted by atomic mass is 9.64. The number of rotatable bonds is 3. The van der Waals surface area contributed by atoms with Gasteiger partial charge in [-0.1, -0.05) is 30.3 Å². The van der Waals surface area contributed by atoms with E-state index in [0.717, 1.165) is 64.6 Å². The van der Waals surface area contributed by atoms with Crippen LogP contribution in [-0.4, -0.2) is 42.3 Å². The summed E-state index contributed by atoms with van der Waals surface area (Å²) in [6, 6.07) is 15.2. The van der Waals surface area contributed by atoms with E-state index in [4.69, 9.17) is 11.6 Å². The normalized spacial score (nSPS) is 31.0. The molecule has 2 saturated heterocycles. The van der Waals surface area contributed by atoms with E-state index in [1.54, 1.807) is 0 Å². The zero-order chi connectivity index (χ0) is 24.7.